The number of hydrogen-bond donors (Lipinski definition) is 1. The lowest BCUT2D eigenvalue weighted by Gasteiger charge is -2.14. The number of nitrogens with zero attached hydrogens (tertiary/aromatic N) is 2. The van der Waals surface area contributed by atoms with Crippen molar-refractivity contribution in [3.05, 3.63) is 46.7 Å². The van der Waals surface area contributed by atoms with Crippen LogP contribution in [0.15, 0.2) is 30.5 Å². The SMILES string of the molecule is CCCn1ncc(Cl)c1C(O)CCc1ccc(OC)cc1. The van der Waals surface area contributed by atoms with Gasteiger partial charge in [0.1, 0.15) is 5.75 Å². The summed E-state index contributed by atoms with van der Waals surface area (Å²) in [6.07, 6.45) is 3.34. The van der Waals surface area contributed by atoms with E-state index in [2.05, 4.69) is 12.0 Å². The molecule has 0 saturated carbocycles. The Kier molecular flexibility index (Phi) is 5.65. The number of aliphatic hydroxyl groups is 1. The molecule has 114 valence electrons. The molecule has 21 heavy (non-hydrogen) atoms. The van der Waals surface area contributed by atoms with Crippen LogP contribution in [0.5, 0.6) is 5.75 Å². The zero-order valence-electron chi connectivity index (χ0n) is 12.4. The quantitative estimate of drug-likeness (QED) is 0.850. The summed E-state index contributed by atoms with van der Waals surface area (Å²) in [6, 6.07) is 7.87. The molecule has 1 heterocycles. The van der Waals surface area contributed by atoms with Crippen molar-refractivity contribution in [3.63, 3.8) is 0 Å². The van der Waals surface area contributed by atoms with Crippen molar-refractivity contribution in [2.75, 3.05) is 7.11 Å². The van der Waals surface area contributed by atoms with Gasteiger partial charge in [0.25, 0.3) is 0 Å². The smallest absolute Gasteiger partial charge is 0.118 e. The Balaban J connectivity index is 2.00. The zero-order valence-corrected chi connectivity index (χ0v) is 13.2. The van der Waals surface area contributed by atoms with Gasteiger partial charge >= 0.3 is 0 Å². The molecule has 0 fully saturated rings. The largest absolute Gasteiger partial charge is 0.497 e. The highest BCUT2D eigenvalue weighted by molar-refractivity contribution is 6.31. The summed E-state index contributed by atoms with van der Waals surface area (Å²) in [5, 5.41) is 15.1. The lowest BCUT2D eigenvalue weighted by atomic mass is 10.0. The van der Waals surface area contributed by atoms with Crippen LogP contribution in [0, 0.1) is 0 Å². The Morgan fingerprint density at radius 2 is 2.05 bits per heavy atom. The summed E-state index contributed by atoms with van der Waals surface area (Å²) < 4.78 is 6.93. The molecule has 2 aromatic rings. The fourth-order valence-electron chi connectivity index (χ4n) is 2.33. The van der Waals surface area contributed by atoms with Gasteiger partial charge in [0.15, 0.2) is 0 Å². The normalized spacial score (nSPS) is 12.4. The van der Waals surface area contributed by atoms with Crippen LogP contribution in [-0.2, 0) is 13.0 Å². The molecule has 0 saturated heterocycles. The first kappa shape index (κ1) is 15.9. The minimum Gasteiger partial charge on any atom is -0.497 e. The summed E-state index contributed by atoms with van der Waals surface area (Å²) in [5.74, 6) is 0.836. The van der Waals surface area contributed by atoms with Crippen LogP contribution in [-0.4, -0.2) is 22.0 Å². The van der Waals surface area contributed by atoms with E-state index >= 15 is 0 Å². The van der Waals surface area contributed by atoms with Crippen molar-refractivity contribution in [1.82, 2.24) is 9.78 Å². The van der Waals surface area contributed by atoms with Gasteiger partial charge in [-0.15, -0.1) is 0 Å². The van der Waals surface area contributed by atoms with E-state index in [-0.39, 0.29) is 0 Å². The topological polar surface area (TPSA) is 47.3 Å². The highest BCUT2D eigenvalue weighted by atomic mass is 35.5. The number of aromatic nitrogens is 2. The number of rotatable bonds is 7. The number of ether oxygens (including phenoxy) is 1. The van der Waals surface area contributed by atoms with E-state index in [1.807, 2.05) is 24.3 Å². The van der Waals surface area contributed by atoms with Crippen LogP contribution < -0.4 is 4.74 Å². The third-order valence-electron chi connectivity index (χ3n) is 3.45. The van der Waals surface area contributed by atoms with E-state index in [1.165, 1.54) is 0 Å². The number of aryl methyl sites for hydroxylation is 2. The maximum absolute atomic E-state index is 10.4. The van der Waals surface area contributed by atoms with Gasteiger partial charge in [-0.3, -0.25) is 4.68 Å². The molecule has 0 aliphatic rings. The third-order valence-corrected chi connectivity index (χ3v) is 3.74. The Morgan fingerprint density at radius 3 is 2.67 bits per heavy atom. The molecule has 2 rings (SSSR count). The van der Waals surface area contributed by atoms with Crippen molar-refractivity contribution in [3.8, 4) is 5.75 Å². The van der Waals surface area contributed by atoms with Crippen LogP contribution >= 0.6 is 11.6 Å². The summed E-state index contributed by atoms with van der Waals surface area (Å²) in [6.45, 7) is 2.84. The van der Waals surface area contributed by atoms with Gasteiger partial charge in [0, 0.05) is 6.54 Å². The number of aliphatic hydroxyl groups excluding tert-OH is 1. The molecular formula is C16H21ClN2O2. The van der Waals surface area contributed by atoms with Gasteiger partial charge < -0.3 is 9.84 Å². The van der Waals surface area contributed by atoms with Crippen LogP contribution in [0.2, 0.25) is 5.02 Å². The zero-order chi connectivity index (χ0) is 15.2. The predicted molar refractivity (Wildman–Crippen MR) is 83.8 cm³/mol. The Morgan fingerprint density at radius 1 is 1.33 bits per heavy atom. The first-order valence-electron chi connectivity index (χ1n) is 7.18. The fraction of sp³-hybridized carbons (Fsp3) is 0.438. The minimum absolute atomic E-state index is 0.533. The number of halogens is 1. The van der Waals surface area contributed by atoms with Crippen molar-refractivity contribution in [2.24, 2.45) is 0 Å². The average Bonchev–Trinajstić information content (AvgIpc) is 2.86. The predicted octanol–water partition coefficient (Wildman–Crippen LogP) is 3.62. The summed E-state index contributed by atoms with van der Waals surface area (Å²) in [4.78, 5) is 0. The lowest BCUT2D eigenvalue weighted by Crippen LogP contribution is -2.10. The summed E-state index contributed by atoms with van der Waals surface area (Å²) >= 11 is 6.14. The lowest BCUT2D eigenvalue weighted by molar-refractivity contribution is 0.156. The molecule has 4 nitrogen and oxygen atoms in total. The molecule has 0 aliphatic heterocycles. The van der Waals surface area contributed by atoms with Gasteiger partial charge in [-0.25, -0.2) is 0 Å². The molecule has 5 heteroatoms. The molecule has 1 aromatic carbocycles. The van der Waals surface area contributed by atoms with Crippen molar-refractivity contribution in [2.45, 2.75) is 38.8 Å². The van der Waals surface area contributed by atoms with E-state index in [1.54, 1.807) is 18.0 Å². The third kappa shape index (κ3) is 3.99. The van der Waals surface area contributed by atoms with Crippen LogP contribution in [0.1, 0.15) is 37.1 Å². The standard InChI is InChI=1S/C16H21ClN2O2/c1-3-10-19-16(14(17)11-18-19)15(20)9-6-12-4-7-13(21-2)8-5-12/h4-5,7-8,11,15,20H,3,6,9-10H2,1-2H3. The highest BCUT2D eigenvalue weighted by Gasteiger charge is 2.17. The number of benzene rings is 1. The van der Waals surface area contributed by atoms with Gasteiger partial charge in [-0.05, 0) is 37.0 Å². The fourth-order valence-corrected chi connectivity index (χ4v) is 2.59. The summed E-state index contributed by atoms with van der Waals surface area (Å²) in [7, 11) is 1.65. The highest BCUT2D eigenvalue weighted by Crippen LogP contribution is 2.26. The first-order chi connectivity index (χ1) is 10.2. The van der Waals surface area contributed by atoms with E-state index < -0.39 is 6.10 Å². The first-order valence-corrected chi connectivity index (χ1v) is 7.55. The van der Waals surface area contributed by atoms with Crippen LogP contribution in [0.25, 0.3) is 0 Å². The molecule has 1 atom stereocenters. The second kappa shape index (κ2) is 7.48. The summed E-state index contributed by atoms with van der Waals surface area (Å²) in [5.41, 5.74) is 1.87. The van der Waals surface area contributed by atoms with Crippen molar-refractivity contribution in [1.29, 1.82) is 0 Å². The van der Waals surface area contributed by atoms with E-state index in [0.717, 1.165) is 30.7 Å². The van der Waals surface area contributed by atoms with Crippen LogP contribution in [0.4, 0.5) is 0 Å². The monoisotopic (exact) mass is 308 g/mol. The van der Waals surface area contributed by atoms with Gasteiger partial charge in [0.05, 0.1) is 30.1 Å². The van der Waals surface area contributed by atoms with Crippen LogP contribution in [0.3, 0.4) is 0 Å². The maximum Gasteiger partial charge on any atom is 0.118 e. The van der Waals surface area contributed by atoms with Crippen molar-refractivity contribution >= 4 is 11.6 Å². The molecule has 0 bridgehead atoms. The molecule has 0 aliphatic carbocycles. The minimum atomic E-state index is -0.603. The van der Waals surface area contributed by atoms with E-state index in [4.69, 9.17) is 16.3 Å². The molecule has 1 N–H and O–H groups in total. The van der Waals surface area contributed by atoms with Gasteiger partial charge in [-0.1, -0.05) is 30.7 Å². The average molecular weight is 309 g/mol. The van der Waals surface area contributed by atoms with Gasteiger partial charge in [-0.2, -0.15) is 5.10 Å². The Bertz CT molecular complexity index is 566. The van der Waals surface area contributed by atoms with Gasteiger partial charge in [0.2, 0.25) is 0 Å². The molecule has 1 aromatic heterocycles. The van der Waals surface area contributed by atoms with E-state index in [9.17, 15) is 5.11 Å². The number of hydrogen-bond acceptors (Lipinski definition) is 3. The molecule has 0 radical (unpaired) electrons. The van der Waals surface area contributed by atoms with E-state index in [0.29, 0.717) is 17.1 Å². The Labute approximate surface area is 130 Å². The molecule has 1 unspecified atom stereocenters. The molecule has 0 amide bonds. The van der Waals surface area contributed by atoms with Crippen molar-refractivity contribution < 1.29 is 9.84 Å². The maximum atomic E-state index is 10.4. The second-order valence-corrected chi connectivity index (χ2v) is 5.41. The molecule has 0 spiro atoms. The second-order valence-electron chi connectivity index (χ2n) is 5.00. The Hall–Kier alpha value is -1.52. The number of methoxy groups -OCH3 is 1. The molecular weight excluding hydrogens is 288 g/mol.